The third kappa shape index (κ3) is 2.94. The van der Waals surface area contributed by atoms with Gasteiger partial charge in [-0.25, -0.2) is 0 Å². The molecule has 0 radical (unpaired) electrons. The fourth-order valence-electron chi connectivity index (χ4n) is 2.09. The molecule has 4 nitrogen and oxygen atoms in total. The minimum atomic E-state index is -0.245. The van der Waals surface area contributed by atoms with Gasteiger partial charge in [-0.05, 0) is 30.5 Å². The SMILES string of the molecule is COc1ccc(O)c(C(=O)NCCC2CCC2)c1. The molecule has 0 atom stereocenters. The zero-order chi connectivity index (χ0) is 13.0. The van der Waals surface area contributed by atoms with Crippen molar-refractivity contribution in [2.24, 2.45) is 5.92 Å². The molecule has 0 bridgehead atoms. The molecule has 18 heavy (non-hydrogen) atoms. The van der Waals surface area contributed by atoms with Crippen molar-refractivity contribution in [1.29, 1.82) is 0 Å². The van der Waals surface area contributed by atoms with Crippen molar-refractivity contribution in [3.63, 3.8) is 0 Å². The van der Waals surface area contributed by atoms with Crippen LogP contribution in [0.15, 0.2) is 18.2 Å². The maximum absolute atomic E-state index is 11.9. The Morgan fingerprint density at radius 1 is 1.50 bits per heavy atom. The number of rotatable bonds is 5. The number of hydrogen-bond acceptors (Lipinski definition) is 3. The number of phenols is 1. The first kappa shape index (κ1) is 12.7. The average molecular weight is 249 g/mol. The lowest BCUT2D eigenvalue weighted by Crippen LogP contribution is -2.27. The molecule has 0 aromatic heterocycles. The van der Waals surface area contributed by atoms with Gasteiger partial charge in [0.15, 0.2) is 0 Å². The highest BCUT2D eigenvalue weighted by molar-refractivity contribution is 5.97. The molecule has 1 aliphatic rings. The van der Waals surface area contributed by atoms with Crippen molar-refractivity contribution >= 4 is 5.91 Å². The van der Waals surface area contributed by atoms with Crippen molar-refractivity contribution in [3.8, 4) is 11.5 Å². The topological polar surface area (TPSA) is 58.6 Å². The molecule has 0 unspecified atom stereocenters. The predicted molar refractivity (Wildman–Crippen MR) is 69.0 cm³/mol. The van der Waals surface area contributed by atoms with Crippen molar-refractivity contribution in [2.45, 2.75) is 25.7 Å². The van der Waals surface area contributed by atoms with E-state index in [1.807, 2.05) is 0 Å². The van der Waals surface area contributed by atoms with Crippen molar-refractivity contribution < 1.29 is 14.6 Å². The first-order valence-corrected chi connectivity index (χ1v) is 6.36. The first-order chi connectivity index (χ1) is 8.70. The molecule has 0 heterocycles. The predicted octanol–water partition coefficient (Wildman–Crippen LogP) is 2.32. The standard InChI is InChI=1S/C14H19NO3/c1-18-11-5-6-13(16)12(9-11)14(17)15-8-7-10-3-2-4-10/h5-6,9-10,16H,2-4,7-8H2,1H3,(H,15,17). The van der Waals surface area contributed by atoms with Crippen LogP contribution in [0.25, 0.3) is 0 Å². The molecule has 2 rings (SSSR count). The summed E-state index contributed by atoms with van der Waals surface area (Å²) in [7, 11) is 1.53. The summed E-state index contributed by atoms with van der Waals surface area (Å²) in [6, 6.07) is 4.65. The van der Waals surface area contributed by atoms with Gasteiger partial charge in [-0.3, -0.25) is 4.79 Å². The lowest BCUT2D eigenvalue weighted by atomic mass is 9.83. The van der Waals surface area contributed by atoms with Crippen LogP contribution in [-0.4, -0.2) is 24.7 Å². The van der Waals surface area contributed by atoms with Gasteiger partial charge in [0.25, 0.3) is 5.91 Å². The third-order valence-corrected chi connectivity index (χ3v) is 3.51. The molecule has 4 heteroatoms. The number of carbonyl (C=O) groups excluding carboxylic acids is 1. The van der Waals surface area contributed by atoms with Crippen LogP contribution in [0, 0.1) is 5.92 Å². The highest BCUT2D eigenvalue weighted by Crippen LogP contribution is 2.29. The number of aromatic hydroxyl groups is 1. The Kier molecular flexibility index (Phi) is 4.07. The van der Waals surface area contributed by atoms with Crippen molar-refractivity contribution in [2.75, 3.05) is 13.7 Å². The van der Waals surface area contributed by atoms with Crippen LogP contribution in [0.5, 0.6) is 11.5 Å². The normalized spacial score (nSPS) is 14.9. The largest absolute Gasteiger partial charge is 0.507 e. The van der Waals surface area contributed by atoms with Gasteiger partial charge in [0.1, 0.15) is 11.5 Å². The van der Waals surface area contributed by atoms with Gasteiger partial charge < -0.3 is 15.2 Å². The number of hydrogen-bond donors (Lipinski definition) is 2. The minimum Gasteiger partial charge on any atom is -0.507 e. The zero-order valence-electron chi connectivity index (χ0n) is 10.6. The highest BCUT2D eigenvalue weighted by atomic mass is 16.5. The van der Waals surface area contributed by atoms with E-state index < -0.39 is 0 Å². The summed E-state index contributed by atoms with van der Waals surface area (Å²) in [5.41, 5.74) is 0.267. The lowest BCUT2D eigenvalue weighted by Gasteiger charge is -2.25. The Bertz CT molecular complexity index is 427. The number of benzene rings is 1. The van der Waals surface area contributed by atoms with E-state index in [4.69, 9.17) is 4.74 Å². The number of methoxy groups -OCH3 is 1. The van der Waals surface area contributed by atoms with E-state index in [-0.39, 0.29) is 17.2 Å². The average Bonchev–Trinajstić information content (AvgIpc) is 2.32. The fraction of sp³-hybridized carbons (Fsp3) is 0.500. The van der Waals surface area contributed by atoms with Crippen LogP contribution in [0.3, 0.4) is 0 Å². The minimum absolute atomic E-state index is 0.0167. The molecule has 98 valence electrons. The van der Waals surface area contributed by atoms with Gasteiger partial charge in [0, 0.05) is 6.54 Å². The van der Waals surface area contributed by atoms with Crippen LogP contribution in [0.4, 0.5) is 0 Å². The lowest BCUT2D eigenvalue weighted by molar-refractivity contribution is 0.0946. The second-order valence-corrected chi connectivity index (χ2v) is 4.72. The van der Waals surface area contributed by atoms with E-state index in [0.717, 1.165) is 12.3 Å². The molecule has 0 aliphatic heterocycles. The van der Waals surface area contributed by atoms with E-state index in [9.17, 15) is 9.90 Å². The Labute approximate surface area is 107 Å². The molecule has 1 aromatic rings. The van der Waals surface area contributed by atoms with E-state index >= 15 is 0 Å². The van der Waals surface area contributed by atoms with Gasteiger partial charge in [-0.1, -0.05) is 19.3 Å². The Balaban J connectivity index is 1.90. The summed E-state index contributed by atoms with van der Waals surface area (Å²) in [5.74, 6) is 1.07. The molecule has 1 aliphatic carbocycles. The summed E-state index contributed by atoms with van der Waals surface area (Å²) in [6.07, 6.45) is 4.90. The quantitative estimate of drug-likeness (QED) is 0.842. The second kappa shape index (κ2) is 5.76. The number of carbonyl (C=O) groups is 1. The Hall–Kier alpha value is -1.71. The van der Waals surface area contributed by atoms with E-state index in [2.05, 4.69) is 5.32 Å². The first-order valence-electron chi connectivity index (χ1n) is 6.36. The molecular weight excluding hydrogens is 230 g/mol. The van der Waals surface area contributed by atoms with Crippen molar-refractivity contribution in [3.05, 3.63) is 23.8 Å². The third-order valence-electron chi connectivity index (χ3n) is 3.51. The van der Waals surface area contributed by atoms with Crippen molar-refractivity contribution in [1.82, 2.24) is 5.32 Å². The summed E-state index contributed by atoms with van der Waals surface area (Å²) in [4.78, 5) is 11.9. The van der Waals surface area contributed by atoms with E-state index in [1.54, 1.807) is 12.1 Å². The molecule has 0 saturated heterocycles. The van der Waals surface area contributed by atoms with E-state index in [0.29, 0.717) is 12.3 Å². The Morgan fingerprint density at radius 3 is 2.89 bits per heavy atom. The zero-order valence-corrected chi connectivity index (χ0v) is 10.6. The summed E-state index contributed by atoms with van der Waals surface area (Å²) >= 11 is 0. The highest BCUT2D eigenvalue weighted by Gasteiger charge is 2.18. The number of nitrogens with one attached hydrogen (secondary N) is 1. The maximum atomic E-state index is 11.9. The molecule has 0 spiro atoms. The summed E-state index contributed by atoms with van der Waals surface area (Å²) < 4.78 is 5.04. The molecular formula is C14H19NO3. The molecule has 1 saturated carbocycles. The summed E-state index contributed by atoms with van der Waals surface area (Å²) in [6.45, 7) is 0.667. The van der Waals surface area contributed by atoms with Gasteiger partial charge in [0.2, 0.25) is 0 Å². The van der Waals surface area contributed by atoms with Crippen LogP contribution < -0.4 is 10.1 Å². The number of phenolic OH excluding ortho intramolecular Hbond substituents is 1. The molecule has 2 N–H and O–H groups in total. The summed E-state index contributed by atoms with van der Waals surface area (Å²) in [5, 5.41) is 12.5. The van der Waals surface area contributed by atoms with Gasteiger partial charge >= 0.3 is 0 Å². The number of amides is 1. The van der Waals surface area contributed by atoms with Gasteiger partial charge in [0.05, 0.1) is 12.7 Å². The molecule has 1 aromatic carbocycles. The number of ether oxygens (including phenoxy) is 1. The maximum Gasteiger partial charge on any atom is 0.255 e. The smallest absolute Gasteiger partial charge is 0.255 e. The van der Waals surface area contributed by atoms with Crippen LogP contribution >= 0.6 is 0 Å². The molecule has 1 fully saturated rings. The van der Waals surface area contributed by atoms with Crippen LogP contribution in [0.1, 0.15) is 36.0 Å². The van der Waals surface area contributed by atoms with Crippen LogP contribution in [-0.2, 0) is 0 Å². The monoisotopic (exact) mass is 249 g/mol. The van der Waals surface area contributed by atoms with Gasteiger partial charge in [-0.2, -0.15) is 0 Å². The second-order valence-electron chi connectivity index (χ2n) is 4.72. The Morgan fingerprint density at radius 2 is 2.28 bits per heavy atom. The van der Waals surface area contributed by atoms with E-state index in [1.165, 1.54) is 32.4 Å². The fourth-order valence-corrected chi connectivity index (χ4v) is 2.09. The van der Waals surface area contributed by atoms with Gasteiger partial charge in [-0.15, -0.1) is 0 Å². The van der Waals surface area contributed by atoms with Crippen LogP contribution in [0.2, 0.25) is 0 Å². The molecule has 1 amide bonds.